The first-order chi connectivity index (χ1) is 15.2. The van der Waals surface area contributed by atoms with Gasteiger partial charge in [0.25, 0.3) is 0 Å². The number of rotatable bonds is 6. The lowest BCUT2D eigenvalue weighted by Crippen LogP contribution is -2.46. The molecule has 31 heavy (non-hydrogen) atoms. The molecular weight excluding hydrogens is 380 g/mol. The molecule has 0 fully saturated rings. The van der Waals surface area contributed by atoms with Crippen LogP contribution in [0.25, 0.3) is 0 Å². The van der Waals surface area contributed by atoms with E-state index in [4.69, 9.17) is 0 Å². The van der Waals surface area contributed by atoms with Gasteiger partial charge in [0.2, 0.25) is 0 Å². The monoisotopic (exact) mass is 404 g/mol. The summed E-state index contributed by atoms with van der Waals surface area (Å²) in [5.74, 6) is 0.0872. The fourth-order valence-corrected chi connectivity index (χ4v) is 4.63. The number of hydrogen-bond donors (Lipinski definition) is 1. The molecular formula is C27H24N4. The van der Waals surface area contributed by atoms with Crippen molar-refractivity contribution in [2.45, 2.75) is 12.0 Å². The zero-order valence-corrected chi connectivity index (χ0v) is 17.5. The minimum atomic E-state index is -0.780. The average molecular weight is 405 g/mol. The van der Waals surface area contributed by atoms with Crippen molar-refractivity contribution in [1.82, 2.24) is 10.2 Å². The Bertz CT molecular complexity index is 1100. The Morgan fingerprint density at radius 3 is 1.84 bits per heavy atom. The molecule has 0 aromatic heterocycles. The number of nitrogens with one attached hydrogen (secondary N) is 1. The average Bonchev–Trinajstić information content (AvgIpc) is 3.08. The Balaban J connectivity index is 1.77. The van der Waals surface area contributed by atoms with E-state index in [1.165, 1.54) is 5.56 Å². The zero-order chi connectivity index (χ0) is 21.7. The molecule has 1 aliphatic rings. The molecule has 0 aliphatic carbocycles. The van der Waals surface area contributed by atoms with E-state index in [0.29, 0.717) is 12.1 Å². The lowest BCUT2D eigenvalue weighted by atomic mass is 9.72. The molecule has 0 bridgehead atoms. The third kappa shape index (κ3) is 3.43. The van der Waals surface area contributed by atoms with E-state index in [1.54, 1.807) is 0 Å². The van der Waals surface area contributed by atoms with Gasteiger partial charge in [-0.25, -0.2) is 0 Å². The highest BCUT2D eigenvalue weighted by Crippen LogP contribution is 2.51. The quantitative estimate of drug-likeness (QED) is 0.653. The van der Waals surface area contributed by atoms with Crippen molar-refractivity contribution in [3.8, 4) is 12.1 Å². The maximum absolute atomic E-state index is 10.3. The predicted molar refractivity (Wildman–Crippen MR) is 121 cm³/mol. The summed E-state index contributed by atoms with van der Waals surface area (Å²) in [7, 11) is 1.97. The molecule has 0 amide bonds. The van der Waals surface area contributed by atoms with Crippen molar-refractivity contribution in [3.05, 3.63) is 119 Å². The Morgan fingerprint density at radius 1 is 0.839 bits per heavy atom. The lowest BCUT2D eigenvalue weighted by Gasteiger charge is -2.42. The van der Waals surface area contributed by atoms with Crippen LogP contribution in [0.1, 0.15) is 16.7 Å². The van der Waals surface area contributed by atoms with E-state index in [1.807, 2.05) is 85.9 Å². The van der Waals surface area contributed by atoms with Gasteiger partial charge in [0.15, 0.2) is 0 Å². The predicted octanol–water partition coefficient (Wildman–Crippen LogP) is 4.58. The van der Waals surface area contributed by atoms with E-state index >= 15 is 0 Å². The second-order valence-electron chi connectivity index (χ2n) is 7.66. The zero-order valence-electron chi connectivity index (χ0n) is 17.5. The van der Waals surface area contributed by atoms with Crippen molar-refractivity contribution < 1.29 is 0 Å². The van der Waals surface area contributed by atoms with Crippen LogP contribution >= 0.6 is 0 Å². The van der Waals surface area contributed by atoms with Crippen molar-refractivity contribution in [3.63, 3.8) is 0 Å². The summed E-state index contributed by atoms with van der Waals surface area (Å²) in [6.45, 7) is 0.673. The highest BCUT2D eigenvalue weighted by molar-refractivity contribution is 5.53. The maximum Gasteiger partial charge on any atom is 0.118 e. The summed E-state index contributed by atoms with van der Waals surface area (Å²) < 4.78 is 0. The van der Waals surface area contributed by atoms with Crippen LogP contribution in [0.4, 0.5) is 0 Å². The second kappa shape index (κ2) is 8.78. The molecule has 4 nitrogen and oxygen atoms in total. The molecule has 4 rings (SSSR count). The van der Waals surface area contributed by atoms with E-state index in [9.17, 15) is 10.5 Å². The number of hydrogen-bond acceptors (Lipinski definition) is 4. The van der Waals surface area contributed by atoms with Crippen molar-refractivity contribution in [2.75, 3.05) is 13.6 Å². The van der Waals surface area contributed by atoms with Crippen LogP contribution in [0, 0.1) is 28.6 Å². The Kier molecular flexibility index (Phi) is 5.74. The molecule has 1 aliphatic heterocycles. The molecule has 1 atom stereocenters. The first kappa shape index (κ1) is 20.3. The van der Waals surface area contributed by atoms with Gasteiger partial charge in [0.1, 0.15) is 23.3 Å². The van der Waals surface area contributed by atoms with Crippen LogP contribution < -0.4 is 5.32 Å². The van der Waals surface area contributed by atoms with Gasteiger partial charge < -0.3 is 10.2 Å². The molecule has 4 heteroatoms. The highest BCUT2D eigenvalue weighted by Gasteiger charge is 2.54. The van der Waals surface area contributed by atoms with Gasteiger partial charge in [0, 0.05) is 13.6 Å². The Labute approximate surface area is 183 Å². The SMILES string of the molecule is CN1C(NCCc2ccccc2)=C(C#N)C(C#N)C1(c1ccccc1)c1ccccc1. The molecule has 3 aromatic carbocycles. The Hall–Kier alpha value is -4.02. The molecule has 3 aromatic rings. The fraction of sp³-hybridized carbons (Fsp3) is 0.185. The van der Waals surface area contributed by atoms with Gasteiger partial charge in [-0.2, -0.15) is 10.5 Å². The van der Waals surface area contributed by atoms with E-state index < -0.39 is 11.5 Å². The van der Waals surface area contributed by atoms with Crippen molar-refractivity contribution >= 4 is 0 Å². The number of nitrogens with zero attached hydrogens (tertiary/aromatic N) is 3. The first-order valence-corrected chi connectivity index (χ1v) is 10.4. The largest absolute Gasteiger partial charge is 0.371 e. The topological polar surface area (TPSA) is 62.9 Å². The minimum Gasteiger partial charge on any atom is -0.371 e. The summed E-state index contributed by atoms with van der Waals surface area (Å²) in [6, 6.07) is 35.1. The maximum atomic E-state index is 10.3. The summed E-state index contributed by atoms with van der Waals surface area (Å²) in [4.78, 5) is 2.08. The molecule has 1 N–H and O–H groups in total. The lowest BCUT2D eigenvalue weighted by molar-refractivity contribution is 0.198. The van der Waals surface area contributed by atoms with Gasteiger partial charge in [-0.1, -0.05) is 91.0 Å². The molecule has 0 saturated carbocycles. The van der Waals surface area contributed by atoms with Crippen LogP contribution in [0.3, 0.4) is 0 Å². The normalized spacial score (nSPS) is 17.1. The minimum absolute atomic E-state index is 0.478. The third-order valence-electron chi connectivity index (χ3n) is 6.05. The summed E-state index contributed by atoms with van der Waals surface area (Å²) >= 11 is 0. The first-order valence-electron chi connectivity index (χ1n) is 10.4. The van der Waals surface area contributed by atoms with Crippen LogP contribution in [0.15, 0.2) is 102 Å². The van der Waals surface area contributed by atoms with Gasteiger partial charge >= 0.3 is 0 Å². The van der Waals surface area contributed by atoms with Crippen LogP contribution in [-0.4, -0.2) is 18.5 Å². The van der Waals surface area contributed by atoms with Crippen LogP contribution in [-0.2, 0) is 12.0 Å². The van der Waals surface area contributed by atoms with E-state index in [-0.39, 0.29) is 0 Å². The Morgan fingerprint density at radius 2 is 1.35 bits per heavy atom. The van der Waals surface area contributed by atoms with E-state index in [0.717, 1.165) is 23.4 Å². The van der Waals surface area contributed by atoms with Gasteiger partial charge in [0.05, 0.1) is 11.6 Å². The van der Waals surface area contributed by atoms with Crippen molar-refractivity contribution in [1.29, 1.82) is 10.5 Å². The number of nitriles is 2. The number of benzene rings is 3. The molecule has 0 radical (unpaired) electrons. The molecule has 1 unspecified atom stereocenters. The molecule has 152 valence electrons. The summed E-state index contributed by atoms with van der Waals surface area (Å²) in [5.41, 5.74) is 2.90. The van der Waals surface area contributed by atoms with Gasteiger partial charge in [-0.05, 0) is 23.1 Å². The summed E-state index contributed by atoms with van der Waals surface area (Å²) in [6.07, 6.45) is 0.831. The molecule has 1 heterocycles. The van der Waals surface area contributed by atoms with Crippen molar-refractivity contribution in [2.24, 2.45) is 5.92 Å². The third-order valence-corrected chi connectivity index (χ3v) is 6.05. The fourth-order valence-electron chi connectivity index (χ4n) is 4.63. The standard InChI is InChI=1S/C27H24N4/c1-31-26(30-18-17-21-11-5-2-6-12-21)24(19-28)25(20-29)27(31,22-13-7-3-8-14-22)23-15-9-4-10-16-23/h2-16,25,30H,17-18H2,1H3. The smallest absolute Gasteiger partial charge is 0.118 e. The summed E-state index contributed by atoms with van der Waals surface area (Å²) in [5, 5.41) is 23.8. The van der Waals surface area contributed by atoms with Crippen LogP contribution in [0.2, 0.25) is 0 Å². The van der Waals surface area contributed by atoms with E-state index in [2.05, 4.69) is 34.5 Å². The molecule has 0 saturated heterocycles. The van der Waals surface area contributed by atoms with Gasteiger partial charge in [-0.3, -0.25) is 0 Å². The van der Waals surface area contributed by atoms with Gasteiger partial charge in [-0.15, -0.1) is 0 Å². The molecule has 0 spiro atoms. The second-order valence-corrected chi connectivity index (χ2v) is 7.66. The van der Waals surface area contributed by atoms with Crippen LogP contribution in [0.5, 0.6) is 0 Å². The highest BCUT2D eigenvalue weighted by atomic mass is 15.3.